The van der Waals surface area contributed by atoms with Crippen LogP contribution in [0.5, 0.6) is 0 Å². The predicted octanol–water partition coefficient (Wildman–Crippen LogP) is 0.843. The number of amides is 1. The maximum absolute atomic E-state index is 13.3. The Hall–Kier alpha value is -0.130. The minimum atomic E-state index is -1.39. The number of ether oxygens (including phenoxy) is 2. The summed E-state index contributed by atoms with van der Waals surface area (Å²) in [5.74, 6) is 0.668. The summed E-state index contributed by atoms with van der Waals surface area (Å²) in [6.45, 7) is 5.30. The number of thioether (sulfide) groups is 1. The van der Waals surface area contributed by atoms with Crippen molar-refractivity contribution in [2.75, 3.05) is 19.4 Å². The molecule has 3 aliphatic rings. The molecular formula is C22H39ClN2O6S. The van der Waals surface area contributed by atoms with E-state index in [9.17, 15) is 20.1 Å². The number of nitrogens with one attached hydrogen (secondary N) is 2. The zero-order valence-electron chi connectivity index (χ0n) is 19.2. The van der Waals surface area contributed by atoms with Crippen LogP contribution in [0.15, 0.2) is 0 Å². The van der Waals surface area contributed by atoms with Crippen molar-refractivity contribution in [2.45, 2.75) is 99.4 Å². The highest BCUT2D eigenvalue weighted by atomic mass is 35.5. The van der Waals surface area contributed by atoms with Crippen LogP contribution in [-0.4, -0.2) is 94.1 Å². The van der Waals surface area contributed by atoms with Gasteiger partial charge in [0.25, 0.3) is 0 Å². The fraction of sp³-hybridized carbons (Fsp3) is 0.955. The molecule has 0 saturated carbocycles. The summed E-state index contributed by atoms with van der Waals surface area (Å²) in [5, 5.41) is 36.6. The monoisotopic (exact) mass is 494 g/mol. The van der Waals surface area contributed by atoms with E-state index in [1.807, 2.05) is 0 Å². The van der Waals surface area contributed by atoms with Crippen LogP contribution in [0.4, 0.5) is 0 Å². The van der Waals surface area contributed by atoms with E-state index < -0.39 is 47.3 Å². The van der Waals surface area contributed by atoms with E-state index >= 15 is 0 Å². The molecule has 10 heteroatoms. The van der Waals surface area contributed by atoms with Gasteiger partial charge in [0.1, 0.15) is 35.9 Å². The van der Waals surface area contributed by atoms with Crippen molar-refractivity contribution in [1.29, 1.82) is 0 Å². The van der Waals surface area contributed by atoms with E-state index in [4.69, 9.17) is 21.1 Å². The average molecular weight is 495 g/mol. The third-order valence-corrected chi connectivity index (χ3v) is 8.24. The minimum absolute atomic E-state index is 0.198. The third kappa shape index (κ3) is 5.92. The quantitative estimate of drug-likeness (QED) is 0.315. The first-order chi connectivity index (χ1) is 15.3. The number of carbonyl (C=O) groups is 1. The maximum Gasteiger partial charge on any atom is 0.240 e. The van der Waals surface area contributed by atoms with Crippen molar-refractivity contribution < 1.29 is 29.6 Å². The van der Waals surface area contributed by atoms with E-state index in [0.29, 0.717) is 12.5 Å². The van der Waals surface area contributed by atoms with Crippen molar-refractivity contribution in [3.05, 3.63) is 0 Å². The molecule has 11 atom stereocenters. The summed E-state index contributed by atoms with van der Waals surface area (Å²) in [5.41, 5.74) is -0.729. The van der Waals surface area contributed by atoms with Gasteiger partial charge in [0, 0.05) is 13.2 Å². The fourth-order valence-corrected chi connectivity index (χ4v) is 6.11. The molecule has 3 fully saturated rings. The lowest BCUT2D eigenvalue weighted by atomic mass is 9.87. The Balaban J connectivity index is 1.66. The first-order valence-electron chi connectivity index (χ1n) is 11.8. The van der Waals surface area contributed by atoms with Gasteiger partial charge >= 0.3 is 0 Å². The lowest BCUT2D eigenvalue weighted by Crippen LogP contribution is -2.65. The smallest absolute Gasteiger partial charge is 0.240 e. The van der Waals surface area contributed by atoms with Gasteiger partial charge in [0.15, 0.2) is 0 Å². The summed E-state index contributed by atoms with van der Waals surface area (Å²) in [4.78, 5) is 13.3. The van der Waals surface area contributed by atoms with Crippen molar-refractivity contribution in [3.8, 4) is 0 Å². The molecular weight excluding hydrogens is 456 g/mol. The highest BCUT2D eigenvalue weighted by Gasteiger charge is 2.49. The van der Waals surface area contributed by atoms with Gasteiger partial charge in [-0.1, -0.05) is 26.2 Å². The van der Waals surface area contributed by atoms with Gasteiger partial charge in [-0.3, -0.25) is 4.79 Å². The van der Waals surface area contributed by atoms with Crippen molar-refractivity contribution in [3.63, 3.8) is 0 Å². The molecule has 0 bridgehead atoms. The molecule has 0 radical (unpaired) electrons. The lowest BCUT2D eigenvalue weighted by molar-refractivity contribution is -0.205. The number of unbranched alkanes of at least 4 members (excludes halogenated alkanes) is 1. The van der Waals surface area contributed by atoms with E-state index in [1.165, 1.54) is 31.0 Å². The number of halogens is 1. The number of aliphatic hydroxyl groups is 3. The van der Waals surface area contributed by atoms with Gasteiger partial charge in [-0.25, -0.2) is 0 Å². The predicted molar refractivity (Wildman–Crippen MR) is 125 cm³/mol. The number of rotatable bonds is 8. The van der Waals surface area contributed by atoms with E-state index in [1.54, 1.807) is 13.2 Å². The SMILES string of the molecule is CCCC[C@@H]1CCO[C@@H]2[C@H](CN[C@@H]2C(=O)N[C@H]([C@H](C)Cl)[C@H]2OC(SC)[C@H](O)[C@H](O)C2O)C1. The zero-order chi connectivity index (χ0) is 23.4. The molecule has 0 aliphatic carbocycles. The second kappa shape index (κ2) is 12.0. The number of carbonyl (C=O) groups excluding carboxylic acids is 1. The summed E-state index contributed by atoms with van der Waals surface area (Å²) in [6.07, 6.45) is 2.29. The molecule has 5 N–H and O–H groups in total. The molecule has 0 aromatic heterocycles. The van der Waals surface area contributed by atoms with Crippen LogP contribution in [0.25, 0.3) is 0 Å². The third-order valence-electron chi connectivity index (χ3n) is 7.11. The van der Waals surface area contributed by atoms with Crippen molar-refractivity contribution >= 4 is 29.3 Å². The van der Waals surface area contributed by atoms with E-state index in [2.05, 4.69) is 17.6 Å². The molecule has 1 amide bonds. The van der Waals surface area contributed by atoms with Gasteiger partial charge in [0.2, 0.25) is 5.91 Å². The number of fused-ring (bicyclic) bond motifs is 1. The van der Waals surface area contributed by atoms with Gasteiger partial charge in [-0.2, -0.15) is 0 Å². The first-order valence-corrected chi connectivity index (χ1v) is 13.5. The molecule has 0 aromatic rings. The Kier molecular flexibility index (Phi) is 9.94. The standard InChI is InChI=1S/C22H39ClN2O6S/c1-4-5-6-12-7-8-30-19-13(9-12)10-24-15(19)21(29)25-14(11(2)23)20-17(27)16(26)18(28)22(31-20)32-3/h11-20,22,24,26-28H,4-10H2,1-3H3,(H,25,29)/t11-,12+,13-,14+,15-,16+,17?,18+,19+,20+,22?/m0/s1. The van der Waals surface area contributed by atoms with Crippen LogP contribution in [0.3, 0.4) is 0 Å². The van der Waals surface area contributed by atoms with E-state index in [-0.39, 0.29) is 17.9 Å². The van der Waals surface area contributed by atoms with Gasteiger partial charge in [0.05, 0.1) is 17.5 Å². The molecule has 3 rings (SSSR count). The summed E-state index contributed by atoms with van der Waals surface area (Å²) in [7, 11) is 0. The normalized spacial score (nSPS) is 42.0. The van der Waals surface area contributed by atoms with Crippen LogP contribution < -0.4 is 10.6 Å². The van der Waals surface area contributed by atoms with Crippen LogP contribution in [0, 0.1) is 11.8 Å². The van der Waals surface area contributed by atoms with Crippen LogP contribution in [0.1, 0.15) is 46.0 Å². The first kappa shape index (κ1) is 26.5. The largest absolute Gasteiger partial charge is 0.388 e. The topological polar surface area (TPSA) is 120 Å². The molecule has 0 spiro atoms. The van der Waals surface area contributed by atoms with Gasteiger partial charge in [-0.05, 0) is 37.9 Å². The Bertz CT molecular complexity index is 615. The zero-order valence-corrected chi connectivity index (χ0v) is 20.7. The number of alkyl halides is 1. The Morgan fingerprint density at radius 3 is 2.69 bits per heavy atom. The van der Waals surface area contributed by atoms with Crippen LogP contribution in [-0.2, 0) is 14.3 Å². The molecule has 8 nitrogen and oxygen atoms in total. The summed E-state index contributed by atoms with van der Waals surface area (Å²) < 4.78 is 12.0. The fourth-order valence-electron chi connectivity index (χ4n) is 5.22. The highest BCUT2D eigenvalue weighted by molar-refractivity contribution is 7.99. The van der Waals surface area contributed by atoms with Crippen LogP contribution >= 0.6 is 23.4 Å². The van der Waals surface area contributed by atoms with Gasteiger partial charge in [-0.15, -0.1) is 23.4 Å². The minimum Gasteiger partial charge on any atom is -0.388 e. The molecule has 2 unspecified atom stereocenters. The molecule has 186 valence electrons. The summed E-state index contributed by atoms with van der Waals surface area (Å²) in [6, 6.07) is -1.25. The molecule has 3 aliphatic heterocycles. The van der Waals surface area contributed by atoms with E-state index in [0.717, 1.165) is 19.4 Å². The molecule has 32 heavy (non-hydrogen) atoms. The maximum atomic E-state index is 13.3. The second-order valence-electron chi connectivity index (χ2n) is 9.40. The number of hydrogen-bond donors (Lipinski definition) is 5. The molecule has 3 heterocycles. The Labute approximate surface area is 200 Å². The molecule has 3 saturated heterocycles. The Morgan fingerprint density at radius 1 is 1.28 bits per heavy atom. The van der Waals surface area contributed by atoms with Crippen molar-refractivity contribution in [2.24, 2.45) is 11.8 Å². The average Bonchev–Trinajstić information content (AvgIpc) is 3.05. The number of hydrogen-bond acceptors (Lipinski definition) is 8. The molecule has 0 aromatic carbocycles. The highest BCUT2D eigenvalue weighted by Crippen LogP contribution is 2.34. The van der Waals surface area contributed by atoms with Crippen LogP contribution in [0.2, 0.25) is 0 Å². The van der Waals surface area contributed by atoms with Crippen molar-refractivity contribution in [1.82, 2.24) is 10.6 Å². The summed E-state index contributed by atoms with van der Waals surface area (Å²) >= 11 is 7.62. The lowest BCUT2D eigenvalue weighted by Gasteiger charge is -2.44. The number of aliphatic hydroxyl groups excluding tert-OH is 3. The van der Waals surface area contributed by atoms with Gasteiger partial charge < -0.3 is 35.4 Å². The Morgan fingerprint density at radius 2 is 2.03 bits per heavy atom. The second-order valence-corrected chi connectivity index (χ2v) is 11.0.